The number of carbonyl (C=O) groups excluding carboxylic acids is 1. The fourth-order valence-corrected chi connectivity index (χ4v) is 6.25. The van der Waals surface area contributed by atoms with Gasteiger partial charge in [-0.3, -0.25) is 14.7 Å². The maximum absolute atomic E-state index is 12.0. The topological polar surface area (TPSA) is 86.7 Å². The minimum atomic E-state index is -2.20. The number of rotatable bonds is 10. The van der Waals surface area contributed by atoms with Crippen LogP contribution >= 0.6 is 11.8 Å². The number of esters is 1. The van der Waals surface area contributed by atoms with E-state index in [0.717, 1.165) is 38.4 Å². The smallest absolute Gasteiger partial charge is 0.306 e. The second-order valence-corrected chi connectivity index (χ2v) is 16.8. The predicted octanol–water partition coefficient (Wildman–Crippen LogP) is 6.69. The van der Waals surface area contributed by atoms with Crippen LogP contribution in [-0.2, 0) is 25.1 Å². The minimum absolute atomic E-state index is 0.00739. The Morgan fingerprint density at radius 2 is 1.90 bits per heavy atom. The zero-order chi connectivity index (χ0) is 28.2. The van der Waals surface area contributed by atoms with Crippen LogP contribution in [0.25, 0.3) is 0 Å². The quantitative estimate of drug-likeness (QED) is 0.197. The number of ether oxygens (including phenoxy) is 2. The average molecular weight is 567 g/mol. The summed E-state index contributed by atoms with van der Waals surface area (Å²) in [7, 11) is -0.526. The summed E-state index contributed by atoms with van der Waals surface area (Å²) in [6.07, 6.45) is 3.83. The van der Waals surface area contributed by atoms with Gasteiger partial charge in [0.25, 0.3) is 0 Å². The van der Waals surface area contributed by atoms with Crippen molar-refractivity contribution in [1.29, 1.82) is 0 Å². The summed E-state index contributed by atoms with van der Waals surface area (Å²) >= 11 is 1.60. The average Bonchev–Trinajstić information content (AvgIpc) is 2.90. The summed E-state index contributed by atoms with van der Waals surface area (Å²) in [6, 6.07) is 12.3. The molecule has 0 radical (unpaired) electrons. The molecule has 1 atom stereocenters. The number of aryl methyl sites for hydroxylation is 1. The van der Waals surface area contributed by atoms with Crippen molar-refractivity contribution in [1.82, 2.24) is 15.0 Å². The highest BCUT2D eigenvalue weighted by Gasteiger charge is 2.40. The lowest BCUT2D eigenvalue weighted by atomic mass is 10.0. The third kappa shape index (κ3) is 6.68. The van der Waals surface area contributed by atoms with E-state index in [0.29, 0.717) is 26.2 Å². The Morgan fingerprint density at radius 1 is 1.13 bits per heavy atom. The van der Waals surface area contributed by atoms with Gasteiger partial charge in [0.2, 0.25) is 0 Å². The molecule has 0 N–H and O–H groups in total. The van der Waals surface area contributed by atoms with Crippen LogP contribution in [0.5, 0.6) is 0 Å². The van der Waals surface area contributed by atoms with Crippen molar-refractivity contribution in [2.24, 2.45) is 0 Å². The molecule has 0 saturated heterocycles. The highest BCUT2D eigenvalue weighted by molar-refractivity contribution is 7.99. The molecule has 10 heteroatoms. The number of carbonyl (C=O) groups is 1. The standard InChI is InChI=1S/C29H38N4O4SSi/c1-8-36-25(34)15-13-21-10-9-11-22(32-21)26(37-39(6,7)29(2,3)4)20-12-14-24-23(18-20)33(19-35-5)27-28(38-24)31-17-16-30-27/h9-12,14,16-18,26H,8,13,15,19H2,1-7H3. The zero-order valence-electron chi connectivity index (χ0n) is 23.9. The van der Waals surface area contributed by atoms with Crippen molar-refractivity contribution >= 4 is 37.6 Å². The van der Waals surface area contributed by atoms with Crippen LogP contribution in [0.15, 0.2) is 58.7 Å². The second kappa shape index (κ2) is 12.2. The molecule has 0 fully saturated rings. The highest BCUT2D eigenvalue weighted by Crippen LogP contribution is 2.48. The van der Waals surface area contributed by atoms with Crippen LogP contribution in [0.2, 0.25) is 18.1 Å². The predicted molar refractivity (Wildman–Crippen MR) is 156 cm³/mol. The number of nitrogens with zero attached hydrogens (tertiary/aromatic N) is 4. The Hall–Kier alpha value is -2.79. The molecule has 0 amide bonds. The summed E-state index contributed by atoms with van der Waals surface area (Å²) in [4.78, 5) is 29.2. The van der Waals surface area contributed by atoms with Crippen molar-refractivity contribution in [2.45, 2.75) is 74.7 Å². The van der Waals surface area contributed by atoms with Crippen molar-refractivity contribution < 1.29 is 18.7 Å². The summed E-state index contributed by atoms with van der Waals surface area (Å²) in [5.74, 6) is 0.558. The third-order valence-electron chi connectivity index (χ3n) is 7.15. The first-order chi connectivity index (χ1) is 18.5. The highest BCUT2D eigenvalue weighted by atomic mass is 32.2. The fraction of sp³-hybridized carbons (Fsp3) is 0.448. The summed E-state index contributed by atoms with van der Waals surface area (Å²) in [6.45, 7) is 13.7. The largest absolute Gasteiger partial charge is 0.466 e. The number of methoxy groups -OCH3 is 1. The lowest BCUT2D eigenvalue weighted by Crippen LogP contribution is -2.42. The van der Waals surface area contributed by atoms with Gasteiger partial charge in [0, 0.05) is 36.5 Å². The summed E-state index contributed by atoms with van der Waals surface area (Å²) in [5, 5.41) is 0.854. The van der Waals surface area contributed by atoms with E-state index in [9.17, 15) is 4.79 Å². The van der Waals surface area contributed by atoms with Crippen LogP contribution in [0.1, 0.15) is 57.2 Å². The van der Waals surface area contributed by atoms with Gasteiger partial charge in [-0.1, -0.05) is 44.7 Å². The molecule has 0 spiro atoms. The first-order valence-electron chi connectivity index (χ1n) is 13.2. The molecule has 3 heterocycles. The first kappa shape index (κ1) is 29.2. The van der Waals surface area contributed by atoms with E-state index >= 15 is 0 Å². The van der Waals surface area contributed by atoms with E-state index in [2.05, 4.69) is 62.0 Å². The lowest BCUT2D eigenvalue weighted by Gasteiger charge is -2.39. The Balaban J connectivity index is 1.75. The Bertz CT molecular complexity index is 1310. The van der Waals surface area contributed by atoms with Crippen molar-refractivity contribution in [3.05, 3.63) is 65.7 Å². The van der Waals surface area contributed by atoms with Crippen molar-refractivity contribution in [3.8, 4) is 0 Å². The Kier molecular flexibility index (Phi) is 9.10. The maximum atomic E-state index is 12.0. The number of fused-ring (bicyclic) bond motifs is 2. The molecule has 4 rings (SSSR count). The minimum Gasteiger partial charge on any atom is -0.466 e. The molecule has 1 aliphatic heterocycles. The van der Waals surface area contributed by atoms with Crippen LogP contribution in [0.3, 0.4) is 0 Å². The first-order valence-corrected chi connectivity index (χ1v) is 16.9. The molecule has 2 aromatic heterocycles. The molecular formula is C29H38N4O4SSi. The number of hydrogen-bond donors (Lipinski definition) is 0. The van der Waals surface area contributed by atoms with E-state index in [1.165, 1.54) is 0 Å². The molecule has 0 saturated carbocycles. The molecule has 208 valence electrons. The lowest BCUT2D eigenvalue weighted by molar-refractivity contribution is -0.143. The third-order valence-corrected chi connectivity index (χ3v) is 12.6. The van der Waals surface area contributed by atoms with Crippen LogP contribution in [0.4, 0.5) is 11.5 Å². The summed E-state index contributed by atoms with van der Waals surface area (Å²) in [5.41, 5.74) is 3.66. The van der Waals surface area contributed by atoms with Gasteiger partial charge in [-0.25, -0.2) is 9.97 Å². The van der Waals surface area contributed by atoms with Gasteiger partial charge in [0.15, 0.2) is 14.1 Å². The fourth-order valence-electron chi connectivity index (χ4n) is 4.07. The van der Waals surface area contributed by atoms with E-state index in [-0.39, 0.29) is 17.1 Å². The maximum Gasteiger partial charge on any atom is 0.306 e. The van der Waals surface area contributed by atoms with Crippen LogP contribution in [0, 0.1) is 0 Å². The van der Waals surface area contributed by atoms with E-state index in [1.807, 2.05) is 30.0 Å². The summed E-state index contributed by atoms with van der Waals surface area (Å²) < 4.78 is 17.7. The monoisotopic (exact) mass is 566 g/mol. The molecule has 3 aromatic rings. The number of hydrogen-bond acceptors (Lipinski definition) is 9. The molecule has 8 nitrogen and oxygen atoms in total. The number of anilines is 2. The Morgan fingerprint density at radius 3 is 2.62 bits per heavy atom. The van der Waals surface area contributed by atoms with Gasteiger partial charge in [0.05, 0.1) is 24.4 Å². The molecule has 0 bridgehead atoms. The number of benzene rings is 1. The van der Waals surface area contributed by atoms with Crippen molar-refractivity contribution in [2.75, 3.05) is 25.3 Å². The molecule has 39 heavy (non-hydrogen) atoms. The van der Waals surface area contributed by atoms with Gasteiger partial charge in [-0.05, 0) is 54.9 Å². The van der Waals surface area contributed by atoms with Gasteiger partial charge >= 0.3 is 5.97 Å². The zero-order valence-corrected chi connectivity index (χ0v) is 25.7. The van der Waals surface area contributed by atoms with Crippen LogP contribution in [-0.4, -0.2) is 49.7 Å². The van der Waals surface area contributed by atoms with Gasteiger partial charge in [-0.2, -0.15) is 0 Å². The van der Waals surface area contributed by atoms with E-state index < -0.39 is 8.32 Å². The number of pyridine rings is 1. The van der Waals surface area contributed by atoms with E-state index in [4.69, 9.17) is 18.9 Å². The van der Waals surface area contributed by atoms with Gasteiger partial charge in [-0.15, -0.1) is 0 Å². The van der Waals surface area contributed by atoms with Crippen LogP contribution < -0.4 is 4.90 Å². The van der Waals surface area contributed by atoms with E-state index in [1.54, 1.807) is 31.3 Å². The number of aromatic nitrogens is 3. The Labute approximate surface area is 236 Å². The van der Waals surface area contributed by atoms with Crippen molar-refractivity contribution in [3.63, 3.8) is 0 Å². The SMILES string of the molecule is CCOC(=O)CCc1cccc(C(O[Si](C)(C)C(C)(C)C)c2ccc3c(c2)N(COC)c2nccnc2S3)n1. The van der Waals surface area contributed by atoms with Gasteiger partial charge < -0.3 is 13.9 Å². The molecule has 1 unspecified atom stereocenters. The molecule has 1 aliphatic rings. The second-order valence-electron chi connectivity index (χ2n) is 11.0. The normalized spacial score (nSPS) is 14.0. The molecular weight excluding hydrogens is 528 g/mol. The van der Waals surface area contributed by atoms with Gasteiger partial charge in [0.1, 0.15) is 17.9 Å². The molecule has 0 aliphatic carbocycles. The molecule has 1 aromatic carbocycles.